The van der Waals surface area contributed by atoms with Gasteiger partial charge in [0, 0.05) is 29.8 Å². The number of amides is 1. The number of aliphatic imine (C=N–C) groups is 1. The summed E-state index contributed by atoms with van der Waals surface area (Å²) in [4.78, 5) is 17.6. The summed E-state index contributed by atoms with van der Waals surface area (Å²) >= 11 is 0. The van der Waals surface area contributed by atoms with Crippen molar-refractivity contribution in [2.75, 3.05) is 0 Å². The van der Waals surface area contributed by atoms with E-state index in [9.17, 15) is 4.79 Å². The molecule has 35 heavy (non-hydrogen) atoms. The summed E-state index contributed by atoms with van der Waals surface area (Å²) in [5.41, 5.74) is 6.32. The van der Waals surface area contributed by atoms with Crippen LogP contribution in [0.2, 0.25) is 0 Å². The molecule has 2 aromatic heterocycles. The van der Waals surface area contributed by atoms with Gasteiger partial charge in [-0.15, -0.1) is 0 Å². The molecule has 0 bridgehead atoms. The number of allylic oxidation sites excluding steroid dienone is 2. The van der Waals surface area contributed by atoms with E-state index in [1.54, 1.807) is 0 Å². The van der Waals surface area contributed by atoms with Gasteiger partial charge in [0.05, 0.1) is 29.1 Å². The standard InChI is InChI=1S/C28H32N6O/c1-18-13-20(11-12-29-18)27-24-15-21(9-10-25(24)32-33-27)28(35)31-23-7-4-5-19(14-23)17-34-26-8-3-2-6-22(26)16-30-34/h3,8-12,15-16,18-19,23H,2,4-7,13-14,17H2,1H3,(H,31,35)(H,32,33). The maximum Gasteiger partial charge on any atom is 0.251 e. The van der Waals surface area contributed by atoms with Gasteiger partial charge in [0.15, 0.2) is 0 Å². The Bertz CT molecular complexity index is 1340. The van der Waals surface area contributed by atoms with Crippen LogP contribution in [0.3, 0.4) is 0 Å². The SMILES string of the molecule is CC1CC(c2n[nH]c3ccc(C(=O)NC4CCCC(Cn5ncc6c5C=CCC6)C4)cc23)=CC=N1. The molecule has 1 aromatic carbocycles. The number of aromatic amines is 1. The van der Waals surface area contributed by atoms with E-state index < -0.39 is 0 Å². The summed E-state index contributed by atoms with van der Waals surface area (Å²) in [5, 5.41) is 16.6. The lowest BCUT2D eigenvalue weighted by Crippen LogP contribution is -2.39. The molecule has 6 rings (SSSR count). The van der Waals surface area contributed by atoms with Crippen molar-refractivity contribution in [3.8, 4) is 0 Å². The predicted molar refractivity (Wildman–Crippen MR) is 139 cm³/mol. The highest BCUT2D eigenvalue weighted by molar-refractivity contribution is 6.01. The highest BCUT2D eigenvalue weighted by Gasteiger charge is 2.26. The molecule has 3 heterocycles. The molecule has 7 heteroatoms. The average molecular weight is 469 g/mol. The first-order valence-electron chi connectivity index (χ1n) is 12.9. The topological polar surface area (TPSA) is 88.0 Å². The number of hydrogen-bond donors (Lipinski definition) is 2. The molecular formula is C28H32N6O. The van der Waals surface area contributed by atoms with E-state index >= 15 is 0 Å². The third kappa shape index (κ3) is 4.47. The van der Waals surface area contributed by atoms with Crippen molar-refractivity contribution in [3.63, 3.8) is 0 Å². The molecule has 0 saturated heterocycles. The molecule has 3 unspecified atom stereocenters. The largest absolute Gasteiger partial charge is 0.349 e. The predicted octanol–water partition coefficient (Wildman–Crippen LogP) is 4.95. The van der Waals surface area contributed by atoms with Crippen LogP contribution >= 0.6 is 0 Å². The zero-order valence-corrected chi connectivity index (χ0v) is 20.2. The summed E-state index contributed by atoms with van der Waals surface area (Å²) in [6.45, 7) is 3.03. The molecule has 2 N–H and O–H groups in total. The van der Waals surface area contributed by atoms with Crippen LogP contribution in [0.25, 0.3) is 22.6 Å². The first-order valence-corrected chi connectivity index (χ1v) is 12.9. The quantitative estimate of drug-likeness (QED) is 0.555. The molecule has 1 aliphatic heterocycles. The number of dihydropyridines is 1. The minimum Gasteiger partial charge on any atom is -0.349 e. The van der Waals surface area contributed by atoms with E-state index in [2.05, 4.69) is 49.4 Å². The molecule has 1 amide bonds. The van der Waals surface area contributed by atoms with Gasteiger partial charge in [0.1, 0.15) is 0 Å². The van der Waals surface area contributed by atoms with Crippen molar-refractivity contribution in [1.82, 2.24) is 25.3 Å². The number of carbonyl (C=O) groups excluding carboxylic acids is 1. The van der Waals surface area contributed by atoms with Crippen LogP contribution in [-0.4, -0.2) is 44.2 Å². The Hall–Kier alpha value is -3.48. The lowest BCUT2D eigenvalue weighted by Gasteiger charge is -2.30. The second-order valence-corrected chi connectivity index (χ2v) is 10.3. The Morgan fingerprint density at radius 3 is 3.14 bits per heavy atom. The van der Waals surface area contributed by atoms with Gasteiger partial charge in [-0.05, 0) is 92.9 Å². The van der Waals surface area contributed by atoms with E-state index in [-0.39, 0.29) is 18.0 Å². The van der Waals surface area contributed by atoms with Gasteiger partial charge in [-0.3, -0.25) is 19.6 Å². The monoisotopic (exact) mass is 468 g/mol. The number of H-pyrrole nitrogens is 1. The molecule has 1 fully saturated rings. The first kappa shape index (κ1) is 22.0. The maximum absolute atomic E-state index is 13.2. The van der Waals surface area contributed by atoms with Crippen LogP contribution < -0.4 is 5.32 Å². The lowest BCUT2D eigenvalue weighted by molar-refractivity contribution is 0.0917. The number of nitrogens with one attached hydrogen (secondary N) is 2. The Balaban J connectivity index is 1.14. The Morgan fingerprint density at radius 1 is 1.29 bits per heavy atom. The van der Waals surface area contributed by atoms with E-state index in [0.29, 0.717) is 11.5 Å². The van der Waals surface area contributed by atoms with E-state index in [0.717, 1.165) is 67.2 Å². The molecule has 2 aliphatic carbocycles. The Labute approximate surface area is 205 Å². The second-order valence-electron chi connectivity index (χ2n) is 10.3. The maximum atomic E-state index is 13.2. The third-order valence-electron chi connectivity index (χ3n) is 7.63. The number of carbonyl (C=O) groups is 1. The van der Waals surface area contributed by atoms with E-state index in [1.807, 2.05) is 36.7 Å². The number of hydrogen-bond acceptors (Lipinski definition) is 4. The number of aromatic nitrogens is 4. The summed E-state index contributed by atoms with van der Waals surface area (Å²) < 4.78 is 2.17. The molecule has 0 radical (unpaired) electrons. The van der Waals surface area contributed by atoms with Crippen LogP contribution in [0.4, 0.5) is 0 Å². The van der Waals surface area contributed by atoms with Crippen LogP contribution in [0.1, 0.15) is 72.8 Å². The fraction of sp³-hybridized carbons (Fsp3) is 0.429. The summed E-state index contributed by atoms with van der Waals surface area (Å²) in [6, 6.07) is 6.27. The zero-order valence-electron chi connectivity index (χ0n) is 20.2. The minimum atomic E-state index is -0.00310. The van der Waals surface area contributed by atoms with Crippen molar-refractivity contribution in [3.05, 3.63) is 59.1 Å². The summed E-state index contributed by atoms with van der Waals surface area (Å²) in [5.74, 6) is 0.523. The Kier molecular flexibility index (Phi) is 5.84. The highest BCUT2D eigenvalue weighted by Crippen LogP contribution is 2.30. The van der Waals surface area contributed by atoms with Crippen molar-refractivity contribution in [1.29, 1.82) is 0 Å². The molecule has 3 aromatic rings. The van der Waals surface area contributed by atoms with Gasteiger partial charge in [-0.2, -0.15) is 10.2 Å². The molecule has 0 spiro atoms. The van der Waals surface area contributed by atoms with Crippen LogP contribution in [-0.2, 0) is 13.0 Å². The molecular weight excluding hydrogens is 436 g/mol. The average Bonchev–Trinajstić information content (AvgIpc) is 3.48. The Morgan fingerprint density at radius 2 is 2.23 bits per heavy atom. The van der Waals surface area contributed by atoms with Crippen molar-refractivity contribution in [2.24, 2.45) is 10.9 Å². The zero-order chi connectivity index (χ0) is 23.8. The van der Waals surface area contributed by atoms with Gasteiger partial charge in [0.2, 0.25) is 0 Å². The van der Waals surface area contributed by atoms with Crippen LogP contribution in [0.15, 0.2) is 41.5 Å². The molecule has 180 valence electrons. The number of aryl methyl sites for hydroxylation is 1. The van der Waals surface area contributed by atoms with Gasteiger partial charge in [-0.25, -0.2) is 0 Å². The first-order chi connectivity index (χ1) is 17.1. The van der Waals surface area contributed by atoms with Crippen molar-refractivity contribution < 1.29 is 4.79 Å². The van der Waals surface area contributed by atoms with Gasteiger partial charge in [-0.1, -0.05) is 12.5 Å². The number of rotatable bonds is 5. The van der Waals surface area contributed by atoms with Crippen molar-refractivity contribution in [2.45, 2.75) is 70.5 Å². The van der Waals surface area contributed by atoms with Gasteiger partial charge < -0.3 is 5.32 Å². The number of fused-ring (bicyclic) bond motifs is 2. The number of nitrogens with zero attached hydrogens (tertiary/aromatic N) is 4. The highest BCUT2D eigenvalue weighted by atomic mass is 16.1. The third-order valence-corrected chi connectivity index (χ3v) is 7.63. The molecule has 1 saturated carbocycles. The fourth-order valence-electron chi connectivity index (χ4n) is 5.79. The summed E-state index contributed by atoms with van der Waals surface area (Å²) in [6.07, 6.45) is 17.7. The van der Waals surface area contributed by atoms with E-state index in [4.69, 9.17) is 0 Å². The van der Waals surface area contributed by atoms with Crippen LogP contribution in [0.5, 0.6) is 0 Å². The molecule has 3 aliphatic rings. The smallest absolute Gasteiger partial charge is 0.251 e. The molecule has 3 atom stereocenters. The lowest BCUT2D eigenvalue weighted by atomic mass is 9.85. The summed E-state index contributed by atoms with van der Waals surface area (Å²) in [7, 11) is 0. The minimum absolute atomic E-state index is 0.00310. The number of benzene rings is 1. The van der Waals surface area contributed by atoms with Gasteiger partial charge in [0.25, 0.3) is 5.91 Å². The fourth-order valence-corrected chi connectivity index (χ4v) is 5.79. The second kappa shape index (κ2) is 9.29. The van der Waals surface area contributed by atoms with Crippen LogP contribution in [0, 0.1) is 5.92 Å². The molecule has 7 nitrogen and oxygen atoms in total. The normalized spacial score (nSPS) is 23.8. The van der Waals surface area contributed by atoms with Gasteiger partial charge >= 0.3 is 0 Å². The van der Waals surface area contributed by atoms with E-state index in [1.165, 1.54) is 17.7 Å². The van der Waals surface area contributed by atoms with Crippen molar-refractivity contribution >= 4 is 34.7 Å².